The van der Waals surface area contributed by atoms with E-state index < -0.39 is 32.1 Å². The molecule has 0 saturated carbocycles. The fraction of sp³-hybridized carbons (Fsp3) is 0.529. The van der Waals surface area contributed by atoms with Gasteiger partial charge in [-0.15, -0.1) is 4.76 Å². The van der Waals surface area contributed by atoms with Gasteiger partial charge in [-0.05, 0) is 43.2 Å². The van der Waals surface area contributed by atoms with E-state index in [1.807, 2.05) is 67.6 Å². The van der Waals surface area contributed by atoms with E-state index in [-0.39, 0.29) is 45.6 Å². The standard InChI is InChI=1S/C34H50N3O11P/c1-3-4-19-30(31(38)39)37(2)32(35)36-49(42,47-24-13-11-22-43-33(40)45-26-20-28-15-7-5-8-16-28)48-25-14-12-23-44-34(41)46-27-21-29-17-9-6-10-18-29/h5-10,15-18,30H,3-4,11-14,19-27H2,1-2H3,(H,38,39)(H2,35,36,42). The van der Waals surface area contributed by atoms with Crippen LogP contribution in [0.15, 0.2) is 65.4 Å². The van der Waals surface area contributed by atoms with Gasteiger partial charge in [0.05, 0.1) is 39.6 Å². The third-order valence-electron chi connectivity index (χ3n) is 7.10. The Morgan fingerprint density at radius 1 is 0.735 bits per heavy atom. The molecular formula is C34H50N3O11P. The average molecular weight is 708 g/mol. The van der Waals surface area contributed by atoms with E-state index in [4.69, 9.17) is 33.7 Å². The molecule has 0 saturated heterocycles. The van der Waals surface area contributed by atoms with Crippen molar-refractivity contribution in [2.45, 2.75) is 70.8 Å². The van der Waals surface area contributed by atoms with E-state index >= 15 is 0 Å². The van der Waals surface area contributed by atoms with Crippen molar-refractivity contribution in [2.75, 3.05) is 46.7 Å². The molecule has 14 nitrogen and oxygen atoms in total. The molecule has 49 heavy (non-hydrogen) atoms. The number of hydrogen-bond acceptors (Lipinski definition) is 10. The minimum absolute atomic E-state index is 0.0548. The molecule has 0 bridgehead atoms. The summed E-state index contributed by atoms with van der Waals surface area (Å²) in [6.07, 6.45) is 2.74. The number of benzene rings is 2. The number of aliphatic carboxylic acids is 1. The first-order chi connectivity index (χ1) is 23.6. The van der Waals surface area contributed by atoms with E-state index in [2.05, 4.69) is 4.76 Å². The number of guanidine groups is 1. The monoisotopic (exact) mass is 707 g/mol. The number of carbonyl (C=O) groups is 3. The van der Waals surface area contributed by atoms with Crippen LogP contribution < -0.4 is 5.73 Å². The predicted molar refractivity (Wildman–Crippen MR) is 183 cm³/mol. The minimum atomic E-state index is -4.19. The quantitative estimate of drug-likeness (QED) is 0.0403. The molecule has 2 rings (SSSR count). The number of ether oxygens (including phenoxy) is 4. The Morgan fingerprint density at radius 3 is 1.59 bits per heavy atom. The summed E-state index contributed by atoms with van der Waals surface area (Å²) >= 11 is 0. The van der Waals surface area contributed by atoms with E-state index in [0.717, 1.165) is 17.5 Å². The molecule has 272 valence electrons. The Kier molecular flexibility index (Phi) is 20.2. The Labute approximate surface area is 288 Å². The van der Waals surface area contributed by atoms with Crippen molar-refractivity contribution in [3.63, 3.8) is 0 Å². The molecule has 0 spiro atoms. The Hall–Kier alpha value is -4.13. The van der Waals surface area contributed by atoms with Gasteiger partial charge in [0.25, 0.3) is 0 Å². The maximum Gasteiger partial charge on any atom is 0.508 e. The van der Waals surface area contributed by atoms with Gasteiger partial charge in [0.15, 0.2) is 0 Å². The fourth-order valence-corrected chi connectivity index (χ4v) is 5.59. The number of carboxylic acids is 1. The summed E-state index contributed by atoms with van der Waals surface area (Å²) in [5.41, 5.74) is 8.15. The van der Waals surface area contributed by atoms with Gasteiger partial charge in [-0.3, -0.25) is 9.05 Å². The summed E-state index contributed by atoms with van der Waals surface area (Å²) in [6, 6.07) is 18.2. The summed E-state index contributed by atoms with van der Waals surface area (Å²) in [4.78, 5) is 36.8. The summed E-state index contributed by atoms with van der Waals surface area (Å²) in [7, 11) is -2.74. The van der Waals surface area contributed by atoms with Crippen molar-refractivity contribution in [3.05, 3.63) is 71.8 Å². The molecule has 0 fully saturated rings. The second-order valence-corrected chi connectivity index (χ2v) is 12.6. The van der Waals surface area contributed by atoms with Crippen LogP contribution in [0.5, 0.6) is 0 Å². The maximum atomic E-state index is 13.6. The summed E-state index contributed by atoms with van der Waals surface area (Å²) in [5, 5.41) is 9.67. The number of carboxylic acid groups (broad SMARTS) is 1. The van der Waals surface area contributed by atoms with Gasteiger partial charge in [0.1, 0.15) is 6.04 Å². The van der Waals surface area contributed by atoms with Gasteiger partial charge < -0.3 is 34.7 Å². The largest absolute Gasteiger partial charge is 0.508 e. The highest BCUT2D eigenvalue weighted by Crippen LogP contribution is 2.50. The van der Waals surface area contributed by atoms with Crippen molar-refractivity contribution in [1.29, 1.82) is 0 Å². The number of hydrogen-bond donors (Lipinski definition) is 2. The molecular weight excluding hydrogens is 657 g/mol. The molecule has 0 heterocycles. The van der Waals surface area contributed by atoms with Crippen LogP contribution in [0.3, 0.4) is 0 Å². The zero-order valence-electron chi connectivity index (χ0n) is 28.4. The lowest BCUT2D eigenvalue weighted by Crippen LogP contribution is -2.46. The molecule has 0 aliphatic heterocycles. The Bertz CT molecular complexity index is 1240. The van der Waals surface area contributed by atoms with E-state index in [1.54, 1.807) is 0 Å². The lowest BCUT2D eigenvalue weighted by Gasteiger charge is -2.26. The van der Waals surface area contributed by atoms with Crippen LogP contribution in [0.25, 0.3) is 0 Å². The normalized spacial score (nSPS) is 12.2. The van der Waals surface area contributed by atoms with E-state index in [1.165, 1.54) is 11.9 Å². The third-order valence-corrected chi connectivity index (χ3v) is 8.57. The van der Waals surface area contributed by atoms with Crippen LogP contribution in [0.1, 0.15) is 63.0 Å². The molecule has 2 aromatic carbocycles. The highest BCUT2D eigenvalue weighted by molar-refractivity contribution is 7.52. The van der Waals surface area contributed by atoms with Gasteiger partial charge in [0, 0.05) is 19.9 Å². The number of unbranched alkanes of at least 4 members (excludes halogenated alkanes) is 3. The van der Waals surface area contributed by atoms with Crippen molar-refractivity contribution < 1.29 is 52.1 Å². The van der Waals surface area contributed by atoms with Crippen LogP contribution in [-0.4, -0.2) is 87.0 Å². The summed E-state index contributed by atoms with van der Waals surface area (Å²) in [5.74, 6) is -1.40. The lowest BCUT2D eigenvalue weighted by atomic mass is 10.1. The second-order valence-electron chi connectivity index (χ2n) is 11.0. The third kappa shape index (κ3) is 18.3. The summed E-state index contributed by atoms with van der Waals surface area (Å²) in [6.45, 7) is 2.28. The first-order valence-electron chi connectivity index (χ1n) is 16.5. The lowest BCUT2D eigenvalue weighted by molar-refractivity contribution is -0.141. The van der Waals surface area contributed by atoms with Crippen LogP contribution in [0.2, 0.25) is 0 Å². The molecule has 0 amide bonds. The first-order valence-corrected chi connectivity index (χ1v) is 18.0. The Morgan fingerprint density at radius 2 is 1.16 bits per heavy atom. The molecule has 15 heteroatoms. The van der Waals surface area contributed by atoms with Crippen LogP contribution in [-0.2, 0) is 50.2 Å². The molecule has 3 N–H and O–H groups in total. The van der Waals surface area contributed by atoms with Gasteiger partial charge in [-0.1, -0.05) is 80.4 Å². The molecule has 0 aliphatic rings. The fourth-order valence-electron chi connectivity index (χ4n) is 4.29. The van der Waals surface area contributed by atoms with Gasteiger partial charge in [0.2, 0.25) is 5.96 Å². The topological polar surface area (TPSA) is 186 Å². The van der Waals surface area contributed by atoms with Crippen molar-refractivity contribution in [1.82, 2.24) is 4.90 Å². The number of rotatable bonds is 24. The second kappa shape index (κ2) is 24.1. The van der Waals surface area contributed by atoms with Crippen molar-refractivity contribution in [2.24, 2.45) is 10.5 Å². The average Bonchev–Trinajstić information content (AvgIpc) is 3.08. The Balaban J connectivity index is 1.79. The first kappa shape index (κ1) is 41.0. The summed E-state index contributed by atoms with van der Waals surface area (Å²) < 4.78 is 49.0. The smallest absolute Gasteiger partial charge is 0.480 e. The highest BCUT2D eigenvalue weighted by atomic mass is 31.2. The molecule has 2 aromatic rings. The molecule has 1 unspecified atom stereocenters. The number of nitrogens with two attached hydrogens (primary N) is 1. The zero-order valence-corrected chi connectivity index (χ0v) is 29.3. The van der Waals surface area contributed by atoms with Gasteiger partial charge in [-0.2, -0.15) is 0 Å². The van der Waals surface area contributed by atoms with Gasteiger partial charge >= 0.3 is 26.0 Å². The van der Waals surface area contributed by atoms with Gasteiger partial charge in [-0.25, -0.2) is 18.9 Å². The van der Waals surface area contributed by atoms with Crippen molar-refractivity contribution >= 4 is 32.0 Å². The van der Waals surface area contributed by atoms with Crippen molar-refractivity contribution in [3.8, 4) is 0 Å². The molecule has 0 aliphatic carbocycles. The zero-order chi connectivity index (χ0) is 35.7. The molecule has 0 aromatic heterocycles. The van der Waals surface area contributed by atoms with Crippen LogP contribution >= 0.6 is 7.75 Å². The number of nitrogens with zero attached hydrogens (tertiary/aromatic N) is 2. The number of likely N-dealkylation sites (N-methyl/N-ethyl adjacent to an activating group) is 1. The van der Waals surface area contributed by atoms with E-state index in [9.17, 15) is 24.1 Å². The van der Waals surface area contributed by atoms with Crippen LogP contribution in [0.4, 0.5) is 9.59 Å². The maximum absolute atomic E-state index is 13.6. The molecule has 1 atom stereocenters. The highest BCUT2D eigenvalue weighted by Gasteiger charge is 2.29. The predicted octanol–water partition coefficient (Wildman–Crippen LogP) is 6.37. The van der Waals surface area contributed by atoms with E-state index in [0.29, 0.717) is 51.4 Å². The SMILES string of the molecule is CCCCC(C(=O)O)N(C)C(N)=NP(=O)(OCCCCOC(=O)OCCc1ccccc1)OCCCCOC(=O)OCCc1ccccc1. The molecule has 0 radical (unpaired) electrons. The number of carbonyl (C=O) groups excluding carboxylic acids is 2. The minimum Gasteiger partial charge on any atom is -0.480 e. The van der Waals surface area contributed by atoms with Crippen LogP contribution in [0, 0.1) is 0 Å².